The molecule has 0 bridgehead atoms. The van der Waals surface area contributed by atoms with Crippen LogP contribution < -0.4 is 0 Å². The minimum atomic E-state index is -1.74. The Morgan fingerprint density at radius 3 is 0.949 bits per heavy atom. The maximum absolute atomic E-state index is 14.2. The molecule has 4 nitrogen and oxygen atoms in total. The first-order chi connectivity index (χ1) is 29.0. The van der Waals surface area contributed by atoms with Gasteiger partial charge >= 0.3 is 0 Å². The Morgan fingerprint density at radius 2 is 0.593 bits per heavy atom. The van der Waals surface area contributed by atoms with E-state index in [2.05, 4.69) is 164 Å². The monoisotopic (exact) mass is 760 g/mol. The summed E-state index contributed by atoms with van der Waals surface area (Å²) in [5, 5.41) is 38.9. The lowest BCUT2D eigenvalue weighted by Gasteiger charge is -2.40. The lowest BCUT2D eigenvalue weighted by atomic mass is 9.74. The molecule has 2 N–H and O–H groups in total. The van der Waals surface area contributed by atoms with Gasteiger partial charge in [-0.3, -0.25) is 0 Å². The van der Waals surface area contributed by atoms with Gasteiger partial charge in [-0.2, -0.15) is 0 Å². The van der Waals surface area contributed by atoms with Crippen molar-refractivity contribution < 1.29 is 19.7 Å². The van der Waals surface area contributed by atoms with Gasteiger partial charge in [0.2, 0.25) is 0 Å². The van der Waals surface area contributed by atoms with E-state index >= 15 is 0 Å². The second kappa shape index (κ2) is 12.0. The van der Waals surface area contributed by atoms with Gasteiger partial charge < -0.3 is 19.7 Å². The van der Waals surface area contributed by atoms with Crippen LogP contribution in [0.3, 0.4) is 0 Å². The molecule has 4 heteroatoms. The third kappa shape index (κ3) is 4.31. The second-order valence-corrected chi connectivity index (χ2v) is 16.4. The Hall–Kier alpha value is -6.66. The van der Waals surface area contributed by atoms with Crippen LogP contribution in [-0.4, -0.2) is 22.4 Å². The van der Waals surface area contributed by atoms with Crippen molar-refractivity contribution in [2.75, 3.05) is 0 Å². The minimum Gasteiger partial charge on any atom is -0.377 e. The average molecular weight is 761 g/mol. The van der Waals surface area contributed by atoms with Crippen molar-refractivity contribution in [3.63, 3.8) is 0 Å². The van der Waals surface area contributed by atoms with E-state index in [0.29, 0.717) is 0 Å². The topological polar surface area (TPSA) is 58.9 Å². The zero-order chi connectivity index (χ0) is 39.0. The van der Waals surface area contributed by atoms with Crippen molar-refractivity contribution in [3.05, 3.63) is 216 Å². The van der Waals surface area contributed by atoms with Crippen LogP contribution in [0.15, 0.2) is 188 Å². The summed E-state index contributed by atoms with van der Waals surface area (Å²) in [4.78, 5) is 0. The predicted octanol–water partition coefficient (Wildman–Crippen LogP) is 12.1. The van der Waals surface area contributed by atoms with Crippen LogP contribution in [0, 0.1) is 0 Å². The first-order valence-electron chi connectivity index (χ1n) is 20.4. The van der Waals surface area contributed by atoms with Crippen molar-refractivity contribution in [2.24, 2.45) is 0 Å². The molecule has 1 aliphatic heterocycles. The number of hydrogen-bond acceptors (Lipinski definition) is 4. The lowest BCUT2D eigenvalue weighted by molar-refractivity contribution is -0.107. The van der Waals surface area contributed by atoms with E-state index in [4.69, 9.17) is 9.47 Å². The average Bonchev–Trinajstić information content (AvgIpc) is 3.95. The summed E-state index contributed by atoms with van der Waals surface area (Å²) in [5.74, 6) is 0. The first kappa shape index (κ1) is 33.3. The largest absolute Gasteiger partial charge is 0.377 e. The van der Waals surface area contributed by atoms with Crippen molar-refractivity contribution in [1.29, 1.82) is 0 Å². The van der Waals surface area contributed by atoms with E-state index in [0.717, 1.165) is 104 Å². The molecule has 280 valence electrons. The first-order valence-corrected chi connectivity index (χ1v) is 20.4. The van der Waals surface area contributed by atoms with E-state index < -0.39 is 29.7 Å². The number of fused-ring (bicyclic) bond motifs is 15. The third-order valence-corrected chi connectivity index (χ3v) is 13.6. The zero-order valence-electron chi connectivity index (χ0n) is 31.8. The molecular weight excluding hydrogens is 725 g/mol. The molecule has 0 saturated carbocycles. The highest BCUT2D eigenvalue weighted by Gasteiger charge is 2.64. The fourth-order valence-corrected chi connectivity index (χ4v) is 11.0. The molecule has 1 saturated heterocycles. The molecule has 13 rings (SSSR count). The summed E-state index contributed by atoms with van der Waals surface area (Å²) >= 11 is 0. The molecule has 0 amide bonds. The van der Waals surface area contributed by atoms with Crippen molar-refractivity contribution in [1.82, 2.24) is 0 Å². The minimum absolute atomic E-state index is 0.735. The zero-order valence-corrected chi connectivity index (χ0v) is 31.8. The van der Waals surface area contributed by atoms with Gasteiger partial charge in [0.05, 0.1) is 0 Å². The Balaban J connectivity index is 1.13. The fourth-order valence-electron chi connectivity index (χ4n) is 11.0. The highest BCUT2D eigenvalue weighted by Crippen LogP contribution is 2.62. The van der Waals surface area contributed by atoms with Gasteiger partial charge in [-0.25, -0.2) is 0 Å². The molecule has 2 atom stereocenters. The molecule has 10 aromatic carbocycles. The van der Waals surface area contributed by atoms with Crippen LogP contribution in [0.1, 0.15) is 34.1 Å². The number of ether oxygens (including phenoxy) is 2. The van der Waals surface area contributed by atoms with Gasteiger partial charge in [0.1, 0.15) is 23.4 Å². The maximum atomic E-state index is 14.2. The van der Waals surface area contributed by atoms with Crippen LogP contribution in [0.2, 0.25) is 0 Å². The lowest BCUT2D eigenvalue weighted by Crippen LogP contribution is -2.53. The van der Waals surface area contributed by atoms with Crippen LogP contribution in [0.5, 0.6) is 0 Å². The number of hydrogen-bond donors (Lipinski definition) is 2. The van der Waals surface area contributed by atoms with Crippen LogP contribution in [0.4, 0.5) is 0 Å². The Labute approximate surface area is 340 Å². The van der Waals surface area contributed by atoms with Crippen LogP contribution >= 0.6 is 0 Å². The summed E-state index contributed by atoms with van der Waals surface area (Å²) in [6, 6.07) is 64.4. The number of rotatable bonds is 3. The summed E-state index contributed by atoms with van der Waals surface area (Å²) in [5.41, 5.74) is 4.21. The molecule has 1 heterocycles. The molecule has 0 unspecified atom stereocenters. The van der Waals surface area contributed by atoms with Gasteiger partial charge in [0.25, 0.3) is 0 Å². The maximum Gasteiger partial charge on any atom is 0.185 e. The highest BCUT2D eigenvalue weighted by molar-refractivity contribution is 6.12. The molecule has 0 aromatic heterocycles. The van der Waals surface area contributed by atoms with E-state index in [9.17, 15) is 10.2 Å². The fraction of sp³-hybridized carbons (Fsp3) is 0.0909. The van der Waals surface area contributed by atoms with Gasteiger partial charge in [-0.15, -0.1) is 0 Å². The molecule has 0 radical (unpaired) electrons. The summed E-state index contributed by atoms with van der Waals surface area (Å²) < 4.78 is 14.7. The van der Waals surface area contributed by atoms with Crippen LogP contribution in [-0.2, 0) is 20.7 Å². The van der Waals surface area contributed by atoms with E-state index in [1.54, 1.807) is 0 Å². The smallest absolute Gasteiger partial charge is 0.185 e. The molecule has 10 aromatic rings. The van der Waals surface area contributed by atoms with Gasteiger partial charge in [0, 0.05) is 5.56 Å². The standard InChI is InChI=1S/C55H36O4/c56-54(43-28-24-33-13-2-7-19-38(33)47(43)48-39-20-8-3-14-34(39)25-29-44(48)54)51-52(59-53(58-51)42-23-11-17-32-12-1-6-18-37(32)42)55(57)45-30-26-35-15-4-9-21-40(35)49(45)50-41-22-10-5-16-36(41)27-31-46(50)55/h1-31,51-53,56-57H/t51-,52-/m1/s1. The van der Waals surface area contributed by atoms with E-state index in [1.807, 2.05) is 24.3 Å². The molecular formula is C55H36O4. The number of benzene rings is 10. The van der Waals surface area contributed by atoms with E-state index in [-0.39, 0.29) is 0 Å². The SMILES string of the molecule is OC1([C@@H]2OC(c3cccc4ccccc34)O[C@H]2C2(O)c3ccc4ccccc4c3-c3c2ccc2ccccc32)c2ccc3ccccc3c2-c2c1ccc1ccccc21. The van der Waals surface area contributed by atoms with Crippen molar-refractivity contribution >= 4 is 53.9 Å². The molecule has 0 spiro atoms. The Bertz CT molecular complexity index is 3060. The van der Waals surface area contributed by atoms with Gasteiger partial charge in [0.15, 0.2) is 6.29 Å². The highest BCUT2D eigenvalue weighted by atomic mass is 16.7. The van der Waals surface area contributed by atoms with Crippen LogP contribution in [0.25, 0.3) is 76.1 Å². The summed E-state index contributed by atoms with van der Waals surface area (Å²) in [6.07, 6.45) is -3.06. The Kier molecular flexibility index (Phi) is 6.75. The second-order valence-electron chi connectivity index (χ2n) is 16.4. The Morgan fingerprint density at radius 1 is 0.305 bits per heavy atom. The number of aliphatic hydroxyl groups is 2. The van der Waals surface area contributed by atoms with Gasteiger partial charge in [-0.05, 0) is 98.4 Å². The summed E-state index contributed by atoms with van der Waals surface area (Å²) in [7, 11) is 0. The molecule has 3 aliphatic rings. The molecule has 1 fully saturated rings. The quantitative estimate of drug-likeness (QED) is 0.188. The molecule has 59 heavy (non-hydrogen) atoms. The molecule has 2 aliphatic carbocycles. The van der Waals surface area contributed by atoms with E-state index in [1.165, 1.54) is 0 Å². The normalized spacial score (nSPS) is 18.7. The van der Waals surface area contributed by atoms with Gasteiger partial charge in [-0.1, -0.05) is 188 Å². The predicted molar refractivity (Wildman–Crippen MR) is 236 cm³/mol. The third-order valence-electron chi connectivity index (χ3n) is 13.6. The van der Waals surface area contributed by atoms with Crippen molar-refractivity contribution in [3.8, 4) is 22.3 Å². The van der Waals surface area contributed by atoms with Crippen molar-refractivity contribution in [2.45, 2.75) is 29.7 Å². The summed E-state index contributed by atoms with van der Waals surface area (Å²) in [6.45, 7) is 0.